The molecular weight excluding hydrogens is 342 g/mol. The standard InChI is InChI=1S/C21H25N3OS/c25-13-7-14-26-15-12-22-16-19-17-24(20-10-5-2-6-11-20)23-21(19)18-8-3-1-4-9-18/h1-6,8-11,17,22,25H,7,12-16H2. The molecule has 26 heavy (non-hydrogen) atoms. The third kappa shape index (κ3) is 5.21. The van der Waals surface area contributed by atoms with Gasteiger partial charge in [0.2, 0.25) is 0 Å². The Morgan fingerprint density at radius 3 is 2.42 bits per heavy atom. The molecule has 0 bridgehead atoms. The largest absolute Gasteiger partial charge is 0.396 e. The Balaban J connectivity index is 1.70. The molecule has 0 atom stereocenters. The first-order chi connectivity index (χ1) is 12.9. The van der Waals surface area contributed by atoms with Crippen LogP contribution in [0.5, 0.6) is 0 Å². The Morgan fingerprint density at radius 1 is 0.962 bits per heavy atom. The summed E-state index contributed by atoms with van der Waals surface area (Å²) in [7, 11) is 0. The molecule has 0 radical (unpaired) electrons. The molecule has 0 saturated heterocycles. The van der Waals surface area contributed by atoms with Gasteiger partial charge in [-0.3, -0.25) is 0 Å². The fourth-order valence-electron chi connectivity index (χ4n) is 2.73. The van der Waals surface area contributed by atoms with Gasteiger partial charge in [0.15, 0.2) is 0 Å². The van der Waals surface area contributed by atoms with Gasteiger partial charge in [0, 0.05) is 42.8 Å². The van der Waals surface area contributed by atoms with Crippen LogP contribution in [0, 0.1) is 0 Å². The third-order valence-corrected chi connectivity index (χ3v) is 5.11. The highest BCUT2D eigenvalue weighted by Gasteiger charge is 2.11. The number of benzene rings is 2. The predicted octanol–water partition coefficient (Wildman–Crippen LogP) is 3.74. The van der Waals surface area contributed by atoms with Gasteiger partial charge in [-0.2, -0.15) is 16.9 Å². The van der Waals surface area contributed by atoms with Crippen molar-refractivity contribution in [2.75, 3.05) is 24.7 Å². The van der Waals surface area contributed by atoms with E-state index in [1.54, 1.807) is 0 Å². The number of aliphatic hydroxyl groups is 1. The van der Waals surface area contributed by atoms with Crippen molar-refractivity contribution < 1.29 is 5.11 Å². The van der Waals surface area contributed by atoms with Crippen LogP contribution in [0.1, 0.15) is 12.0 Å². The van der Waals surface area contributed by atoms with Gasteiger partial charge in [-0.25, -0.2) is 4.68 Å². The minimum absolute atomic E-state index is 0.277. The Hall–Kier alpha value is -2.08. The lowest BCUT2D eigenvalue weighted by Crippen LogP contribution is -2.17. The van der Waals surface area contributed by atoms with Gasteiger partial charge < -0.3 is 10.4 Å². The molecule has 2 aromatic carbocycles. The summed E-state index contributed by atoms with van der Waals surface area (Å²) < 4.78 is 1.95. The summed E-state index contributed by atoms with van der Waals surface area (Å²) in [6.07, 6.45) is 2.98. The molecule has 0 aliphatic rings. The highest BCUT2D eigenvalue weighted by Crippen LogP contribution is 2.23. The van der Waals surface area contributed by atoms with Crippen molar-refractivity contribution in [3.8, 4) is 16.9 Å². The average Bonchev–Trinajstić information content (AvgIpc) is 3.13. The van der Waals surface area contributed by atoms with E-state index in [0.29, 0.717) is 0 Å². The average molecular weight is 368 g/mol. The Labute approximate surface area is 159 Å². The van der Waals surface area contributed by atoms with Crippen molar-refractivity contribution in [2.24, 2.45) is 0 Å². The second-order valence-corrected chi connectivity index (χ2v) is 7.24. The molecule has 1 aromatic heterocycles. The monoisotopic (exact) mass is 367 g/mol. The summed E-state index contributed by atoms with van der Waals surface area (Å²) in [6, 6.07) is 20.5. The Morgan fingerprint density at radius 2 is 1.69 bits per heavy atom. The van der Waals surface area contributed by atoms with Crippen molar-refractivity contribution >= 4 is 11.8 Å². The van der Waals surface area contributed by atoms with Crippen LogP contribution >= 0.6 is 11.8 Å². The van der Waals surface area contributed by atoms with Gasteiger partial charge in [-0.1, -0.05) is 48.5 Å². The van der Waals surface area contributed by atoms with E-state index in [4.69, 9.17) is 10.2 Å². The van der Waals surface area contributed by atoms with E-state index < -0.39 is 0 Å². The number of thioether (sulfide) groups is 1. The van der Waals surface area contributed by atoms with Crippen molar-refractivity contribution in [2.45, 2.75) is 13.0 Å². The fourth-order valence-corrected chi connectivity index (χ4v) is 3.55. The zero-order valence-corrected chi connectivity index (χ0v) is 15.7. The second-order valence-electron chi connectivity index (χ2n) is 6.02. The predicted molar refractivity (Wildman–Crippen MR) is 110 cm³/mol. The lowest BCUT2D eigenvalue weighted by molar-refractivity contribution is 0.296. The zero-order valence-electron chi connectivity index (χ0n) is 14.8. The van der Waals surface area contributed by atoms with Crippen LogP contribution in [0.15, 0.2) is 66.9 Å². The third-order valence-electron chi connectivity index (χ3n) is 4.04. The van der Waals surface area contributed by atoms with Gasteiger partial charge >= 0.3 is 0 Å². The first kappa shape index (κ1) is 18.7. The van der Waals surface area contributed by atoms with E-state index in [1.165, 1.54) is 5.56 Å². The first-order valence-electron chi connectivity index (χ1n) is 8.97. The molecule has 0 spiro atoms. The van der Waals surface area contributed by atoms with Crippen molar-refractivity contribution in [1.82, 2.24) is 15.1 Å². The number of rotatable bonds is 10. The molecule has 2 N–H and O–H groups in total. The number of para-hydroxylation sites is 1. The van der Waals surface area contributed by atoms with Crippen LogP contribution in [0.4, 0.5) is 0 Å². The lowest BCUT2D eigenvalue weighted by atomic mass is 10.1. The molecule has 0 aliphatic heterocycles. The van der Waals surface area contributed by atoms with Gasteiger partial charge in [0.1, 0.15) is 0 Å². The number of aliphatic hydroxyl groups excluding tert-OH is 1. The lowest BCUT2D eigenvalue weighted by Gasteiger charge is -2.05. The number of nitrogens with one attached hydrogen (secondary N) is 1. The van der Waals surface area contributed by atoms with Crippen molar-refractivity contribution in [3.05, 3.63) is 72.4 Å². The van der Waals surface area contributed by atoms with Crippen LogP contribution in [-0.4, -0.2) is 39.5 Å². The van der Waals surface area contributed by atoms with E-state index in [-0.39, 0.29) is 6.61 Å². The first-order valence-corrected chi connectivity index (χ1v) is 10.1. The minimum Gasteiger partial charge on any atom is -0.396 e. The second kappa shape index (κ2) is 10.2. The molecule has 136 valence electrons. The molecule has 0 unspecified atom stereocenters. The molecular formula is C21H25N3OS. The normalized spacial score (nSPS) is 11.0. The maximum Gasteiger partial charge on any atom is 0.0972 e. The summed E-state index contributed by atoms with van der Waals surface area (Å²) in [4.78, 5) is 0. The van der Waals surface area contributed by atoms with Crippen LogP contribution in [0.3, 0.4) is 0 Å². The smallest absolute Gasteiger partial charge is 0.0972 e. The molecule has 0 aliphatic carbocycles. The maximum atomic E-state index is 8.81. The van der Waals surface area contributed by atoms with Crippen LogP contribution in [-0.2, 0) is 6.54 Å². The fraction of sp³-hybridized carbons (Fsp3) is 0.286. The molecule has 0 saturated carbocycles. The summed E-state index contributed by atoms with van der Waals surface area (Å²) in [5, 5.41) is 17.2. The Bertz CT molecular complexity index is 774. The van der Waals surface area contributed by atoms with Gasteiger partial charge in [0.05, 0.1) is 11.4 Å². The van der Waals surface area contributed by atoms with Crippen LogP contribution < -0.4 is 5.32 Å². The summed E-state index contributed by atoms with van der Waals surface area (Å²) >= 11 is 1.87. The molecule has 1 heterocycles. The van der Waals surface area contributed by atoms with Gasteiger partial charge in [0.25, 0.3) is 0 Å². The zero-order chi connectivity index (χ0) is 18.0. The number of nitrogens with zero attached hydrogens (tertiary/aromatic N) is 2. The molecule has 5 heteroatoms. The van der Waals surface area contributed by atoms with E-state index in [9.17, 15) is 0 Å². The highest BCUT2D eigenvalue weighted by atomic mass is 32.2. The van der Waals surface area contributed by atoms with Crippen molar-refractivity contribution in [1.29, 1.82) is 0 Å². The summed E-state index contributed by atoms with van der Waals surface area (Å²) in [5.41, 5.74) is 4.42. The molecule has 0 amide bonds. The molecule has 3 rings (SSSR count). The van der Waals surface area contributed by atoms with Crippen molar-refractivity contribution in [3.63, 3.8) is 0 Å². The summed E-state index contributed by atoms with van der Waals surface area (Å²) in [6.45, 7) is 2.01. The molecule has 3 aromatic rings. The van der Waals surface area contributed by atoms with Gasteiger partial charge in [-0.15, -0.1) is 0 Å². The molecule has 4 nitrogen and oxygen atoms in total. The quantitative estimate of drug-likeness (QED) is 0.536. The topological polar surface area (TPSA) is 50.1 Å². The Kier molecular flexibility index (Phi) is 7.31. The molecule has 0 fully saturated rings. The van der Waals surface area contributed by atoms with E-state index in [1.807, 2.05) is 52.8 Å². The minimum atomic E-state index is 0.277. The number of hydrogen-bond acceptors (Lipinski definition) is 4. The van der Waals surface area contributed by atoms with E-state index in [2.05, 4.69) is 35.8 Å². The van der Waals surface area contributed by atoms with Crippen LogP contribution in [0.2, 0.25) is 0 Å². The number of hydrogen-bond donors (Lipinski definition) is 2. The number of aromatic nitrogens is 2. The maximum absolute atomic E-state index is 8.81. The summed E-state index contributed by atoms with van der Waals surface area (Å²) in [5.74, 6) is 2.06. The van der Waals surface area contributed by atoms with Gasteiger partial charge in [-0.05, 0) is 24.3 Å². The van der Waals surface area contributed by atoms with E-state index >= 15 is 0 Å². The van der Waals surface area contributed by atoms with E-state index in [0.717, 1.165) is 48.0 Å². The highest BCUT2D eigenvalue weighted by molar-refractivity contribution is 7.99. The SMILES string of the molecule is OCCCSCCNCc1cn(-c2ccccc2)nc1-c1ccccc1. The van der Waals surface area contributed by atoms with Crippen LogP contribution in [0.25, 0.3) is 16.9 Å².